The zero-order valence-electron chi connectivity index (χ0n) is 10.4. The molecule has 1 aromatic rings. The van der Waals surface area contributed by atoms with Crippen molar-refractivity contribution in [2.75, 3.05) is 5.32 Å². The highest BCUT2D eigenvalue weighted by Crippen LogP contribution is 2.38. The van der Waals surface area contributed by atoms with Crippen molar-refractivity contribution in [2.24, 2.45) is 5.92 Å². The molecule has 2 nitrogen and oxygen atoms in total. The minimum Gasteiger partial charge on any atom is -0.326 e. The predicted molar refractivity (Wildman–Crippen MR) is 77.0 cm³/mol. The van der Waals surface area contributed by atoms with Crippen LogP contribution in [0.3, 0.4) is 0 Å². The number of nitrogens with one attached hydrogen (secondary N) is 1. The largest absolute Gasteiger partial charge is 0.326 e. The molecule has 1 saturated carbocycles. The molecule has 1 aliphatic heterocycles. The van der Waals surface area contributed by atoms with Gasteiger partial charge in [-0.3, -0.25) is 4.79 Å². The Kier molecular flexibility index (Phi) is 3.42. The second-order valence-electron chi connectivity index (χ2n) is 5.50. The Labute approximate surface area is 116 Å². The topological polar surface area (TPSA) is 29.1 Å². The third-order valence-corrected chi connectivity index (χ3v) is 5.03. The van der Waals surface area contributed by atoms with Gasteiger partial charge in [-0.15, -0.1) is 0 Å². The van der Waals surface area contributed by atoms with Crippen LogP contribution in [-0.2, 0) is 11.2 Å². The van der Waals surface area contributed by atoms with E-state index in [9.17, 15) is 4.79 Å². The van der Waals surface area contributed by atoms with Crippen molar-refractivity contribution in [1.29, 1.82) is 0 Å². The van der Waals surface area contributed by atoms with Crippen molar-refractivity contribution in [3.8, 4) is 0 Å². The molecular formula is C15H18BrNO. The summed E-state index contributed by atoms with van der Waals surface area (Å²) in [7, 11) is 0. The highest BCUT2D eigenvalue weighted by Gasteiger charge is 2.22. The lowest BCUT2D eigenvalue weighted by Gasteiger charge is -2.16. The van der Waals surface area contributed by atoms with Crippen LogP contribution in [0.2, 0.25) is 0 Å². The average Bonchev–Trinajstić information content (AvgIpc) is 2.95. The van der Waals surface area contributed by atoms with E-state index in [0.717, 1.165) is 17.2 Å². The molecule has 3 rings (SSSR count). The molecule has 0 bridgehead atoms. The van der Waals surface area contributed by atoms with Gasteiger partial charge in [0.05, 0.1) is 6.42 Å². The molecule has 0 aromatic heterocycles. The van der Waals surface area contributed by atoms with Gasteiger partial charge < -0.3 is 5.32 Å². The van der Waals surface area contributed by atoms with E-state index in [4.69, 9.17) is 0 Å². The molecule has 2 aliphatic rings. The van der Waals surface area contributed by atoms with Crippen molar-refractivity contribution < 1.29 is 4.79 Å². The maximum absolute atomic E-state index is 11.3. The lowest BCUT2D eigenvalue weighted by atomic mass is 9.97. The molecule has 1 fully saturated rings. The third kappa shape index (κ3) is 2.46. The molecule has 1 heterocycles. The zero-order chi connectivity index (χ0) is 12.5. The van der Waals surface area contributed by atoms with Crippen molar-refractivity contribution >= 4 is 27.5 Å². The molecule has 1 atom stereocenters. The molecule has 0 spiro atoms. The lowest BCUT2D eigenvalue weighted by molar-refractivity contribution is -0.115. The number of anilines is 1. The first-order valence-corrected chi connectivity index (χ1v) is 7.70. The molecule has 0 radical (unpaired) electrons. The second kappa shape index (κ2) is 5.04. The molecule has 1 aromatic carbocycles. The summed E-state index contributed by atoms with van der Waals surface area (Å²) in [5.41, 5.74) is 3.45. The van der Waals surface area contributed by atoms with E-state index in [1.165, 1.54) is 37.7 Å². The first kappa shape index (κ1) is 12.2. The number of fused-ring (bicyclic) bond motifs is 1. The molecule has 1 aliphatic carbocycles. The molecule has 1 N–H and O–H groups in total. The van der Waals surface area contributed by atoms with Gasteiger partial charge in [-0.05, 0) is 29.5 Å². The molecule has 1 amide bonds. The SMILES string of the molecule is O=C1Cc2cc(C(Br)CC3CCCC3)ccc2N1. The van der Waals surface area contributed by atoms with Gasteiger partial charge >= 0.3 is 0 Å². The van der Waals surface area contributed by atoms with E-state index in [1.807, 2.05) is 6.07 Å². The fourth-order valence-electron chi connectivity index (χ4n) is 3.12. The monoisotopic (exact) mass is 307 g/mol. The Balaban J connectivity index is 1.72. The Morgan fingerprint density at radius 1 is 1.33 bits per heavy atom. The smallest absolute Gasteiger partial charge is 0.228 e. The van der Waals surface area contributed by atoms with Crippen LogP contribution in [0.1, 0.15) is 48.1 Å². The van der Waals surface area contributed by atoms with Crippen molar-refractivity contribution in [2.45, 2.75) is 43.4 Å². The molecule has 3 heteroatoms. The first-order valence-electron chi connectivity index (χ1n) is 6.79. The first-order chi connectivity index (χ1) is 8.72. The fraction of sp³-hybridized carbons (Fsp3) is 0.533. The maximum atomic E-state index is 11.3. The standard InChI is InChI=1S/C15H18BrNO/c16-13(7-10-3-1-2-4-10)11-5-6-14-12(8-11)9-15(18)17-14/h5-6,8,10,13H,1-4,7,9H2,(H,17,18). The highest BCUT2D eigenvalue weighted by atomic mass is 79.9. The fourth-order valence-corrected chi connectivity index (χ4v) is 3.93. The summed E-state index contributed by atoms with van der Waals surface area (Å²) in [4.78, 5) is 11.8. The summed E-state index contributed by atoms with van der Waals surface area (Å²) in [6.07, 6.45) is 7.31. The van der Waals surface area contributed by atoms with E-state index >= 15 is 0 Å². The quantitative estimate of drug-likeness (QED) is 0.833. The Hall–Kier alpha value is -0.830. The third-order valence-electron chi connectivity index (χ3n) is 4.13. The van der Waals surface area contributed by atoms with Gasteiger partial charge in [0.2, 0.25) is 5.91 Å². The highest BCUT2D eigenvalue weighted by molar-refractivity contribution is 9.09. The lowest BCUT2D eigenvalue weighted by Crippen LogP contribution is -2.03. The minimum absolute atomic E-state index is 0.115. The molecular weight excluding hydrogens is 290 g/mol. The van der Waals surface area contributed by atoms with E-state index in [-0.39, 0.29) is 5.91 Å². The second-order valence-corrected chi connectivity index (χ2v) is 6.60. The van der Waals surface area contributed by atoms with Crippen LogP contribution in [0, 0.1) is 5.92 Å². The van der Waals surface area contributed by atoms with Crippen LogP contribution in [0.25, 0.3) is 0 Å². The number of rotatable bonds is 3. The van der Waals surface area contributed by atoms with Crippen molar-refractivity contribution in [1.82, 2.24) is 0 Å². The Morgan fingerprint density at radius 2 is 2.11 bits per heavy atom. The van der Waals surface area contributed by atoms with Gasteiger partial charge in [-0.1, -0.05) is 53.7 Å². The summed E-state index contributed by atoms with van der Waals surface area (Å²) in [6, 6.07) is 6.36. The van der Waals surface area contributed by atoms with E-state index < -0.39 is 0 Å². The zero-order valence-corrected chi connectivity index (χ0v) is 12.0. The number of halogens is 1. The number of benzene rings is 1. The number of amides is 1. The number of carbonyl (C=O) groups excluding carboxylic acids is 1. The van der Waals surface area contributed by atoms with Crippen LogP contribution >= 0.6 is 15.9 Å². The average molecular weight is 308 g/mol. The molecule has 0 saturated heterocycles. The predicted octanol–water partition coefficient (Wildman–Crippen LogP) is 4.20. The maximum Gasteiger partial charge on any atom is 0.228 e. The Bertz CT molecular complexity index is 466. The van der Waals surface area contributed by atoms with Gasteiger partial charge in [-0.25, -0.2) is 0 Å². The number of alkyl halides is 1. The molecule has 18 heavy (non-hydrogen) atoms. The van der Waals surface area contributed by atoms with Gasteiger partial charge in [0, 0.05) is 10.5 Å². The summed E-state index contributed by atoms with van der Waals surface area (Å²) < 4.78 is 0. The van der Waals surface area contributed by atoms with Gasteiger partial charge in [0.25, 0.3) is 0 Å². The van der Waals surface area contributed by atoms with Gasteiger partial charge in [0.15, 0.2) is 0 Å². The normalized spacial score (nSPS) is 20.8. The van der Waals surface area contributed by atoms with Crippen LogP contribution in [-0.4, -0.2) is 5.91 Å². The minimum atomic E-state index is 0.115. The van der Waals surface area contributed by atoms with Crippen molar-refractivity contribution in [3.63, 3.8) is 0 Å². The van der Waals surface area contributed by atoms with Crippen molar-refractivity contribution in [3.05, 3.63) is 29.3 Å². The number of carbonyl (C=O) groups is 1. The van der Waals surface area contributed by atoms with E-state index in [2.05, 4.69) is 33.4 Å². The van der Waals surface area contributed by atoms with Crippen LogP contribution < -0.4 is 5.32 Å². The summed E-state index contributed by atoms with van der Waals surface area (Å²) in [5.74, 6) is 0.992. The number of hydrogen-bond donors (Lipinski definition) is 1. The van der Waals surface area contributed by atoms with E-state index in [1.54, 1.807) is 0 Å². The number of hydrogen-bond acceptors (Lipinski definition) is 1. The molecule has 1 unspecified atom stereocenters. The van der Waals surface area contributed by atoms with Gasteiger partial charge in [0.1, 0.15) is 0 Å². The van der Waals surface area contributed by atoms with Crippen LogP contribution in [0.5, 0.6) is 0 Å². The van der Waals surface area contributed by atoms with Crippen LogP contribution in [0.4, 0.5) is 5.69 Å². The Morgan fingerprint density at radius 3 is 2.89 bits per heavy atom. The molecule has 96 valence electrons. The van der Waals surface area contributed by atoms with Gasteiger partial charge in [-0.2, -0.15) is 0 Å². The summed E-state index contributed by atoms with van der Waals surface area (Å²) in [5, 5.41) is 2.88. The van der Waals surface area contributed by atoms with E-state index in [0.29, 0.717) is 11.2 Å². The van der Waals surface area contributed by atoms with Crippen LogP contribution in [0.15, 0.2) is 18.2 Å². The summed E-state index contributed by atoms with van der Waals surface area (Å²) >= 11 is 3.81. The summed E-state index contributed by atoms with van der Waals surface area (Å²) in [6.45, 7) is 0.